The summed E-state index contributed by atoms with van der Waals surface area (Å²) in [6.45, 7) is 2.29. The fraction of sp³-hybridized carbons (Fsp3) is 0.200. The Morgan fingerprint density at radius 3 is 2.31 bits per heavy atom. The first-order chi connectivity index (χ1) is 18.9. The van der Waals surface area contributed by atoms with Crippen molar-refractivity contribution in [1.82, 2.24) is 34.5 Å². The molecule has 0 saturated heterocycles. The first-order valence-electron chi connectivity index (χ1n) is 11.7. The van der Waals surface area contributed by atoms with Crippen molar-refractivity contribution in [3.8, 4) is 34.6 Å². The van der Waals surface area contributed by atoms with E-state index in [0.717, 1.165) is 0 Å². The highest BCUT2D eigenvalue weighted by Crippen LogP contribution is 2.38. The van der Waals surface area contributed by atoms with E-state index < -0.39 is 15.3 Å². The second-order valence-electron chi connectivity index (χ2n) is 8.12. The number of para-hydroxylation sites is 1. The molecule has 0 fully saturated rings. The summed E-state index contributed by atoms with van der Waals surface area (Å²) in [5, 5.41) is 4.20. The lowest BCUT2D eigenvalue weighted by Crippen LogP contribution is -2.24. The summed E-state index contributed by atoms with van der Waals surface area (Å²) in [4.78, 5) is 26.5. The maximum absolute atomic E-state index is 12.7. The number of imidazole rings is 1. The molecule has 5 aromatic rings. The van der Waals surface area contributed by atoms with E-state index in [4.69, 9.17) is 29.3 Å². The van der Waals surface area contributed by atoms with E-state index in [0.29, 0.717) is 41.2 Å². The number of primary sulfonamides is 1. The number of aromatic nitrogens is 7. The number of ether oxygens (including phenoxy) is 3. The van der Waals surface area contributed by atoms with Crippen LogP contribution in [-0.4, -0.2) is 63.7 Å². The molecule has 1 aromatic carbocycles. The fourth-order valence-electron chi connectivity index (χ4n) is 4.13. The second-order valence-corrected chi connectivity index (χ2v) is 9.77. The average Bonchev–Trinajstić information content (AvgIpc) is 3.31. The van der Waals surface area contributed by atoms with Crippen LogP contribution in [0.25, 0.3) is 28.5 Å². The molecule has 13 nitrogen and oxygen atoms in total. The number of nitrogens with zero attached hydrogens (tertiary/aromatic N) is 7. The molecule has 0 bridgehead atoms. The summed E-state index contributed by atoms with van der Waals surface area (Å²) >= 11 is 0. The van der Waals surface area contributed by atoms with Gasteiger partial charge in [0.2, 0.25) is 15.9 Å². The standard InChI is InChI=1S/C25H24N8O5S/c1-4-38-20-10-5-7-15(30-20)24-32-23-25(33(24)21-18(36-2)8-6-9-19(21)37-3)31-17(14-29-23)22(39(26,34)35)16-13-27-11-12-28-16/h5-14,22H,4H2,1-3H3,(H2,26,34,35). The van der Waals surface area contributed by atoms with Gasteiger partial charge < -0.3 is 14.2 Å². The maximum atomic E-state index is 12.7. The van der Waals surface area contributed by atoms with E-state index in [1.54, 1.807) is 41.0 Å². The summed E-state index contributed by atoms with van der Waals surface area (Å²) in [6.07, 6.45) is 5.42. The van der Waals surface area contributed by atoms with Crippen LogP contribution in [0.15, 0.2) is 61.2 Å². The number of sulfonamides is 1. The number of hydrogen-bond acceptors (Lipinski definition) is 11. The van der Waals surface area contributed by atoms with E-state index >= 15 is 0 Å². The molecule has 0 radical (unpaired) electrons. The summed E-state index contributed by atoms with van der Waals surface area (Å²) in [6, 6.07) is 10.6. The molecule has 0 aliphatic heterocycles. The first-order valence-corrected chi connectivity index (χ1v) is 13.3. The Balaban J connectivity index is 1.85. The Kier molecular flexibility index (Phi) is 7.04. The van der Waals surface area contributed by atoms with Gasteiger partial charge in [0.25, 0.3) is 0 Å². The molecule has 5 rings (SSSR count). The predicted octanol–water partition coefficient (Wildman–Crippen LogP) is 2.46. The molecule has 1 atom stereocenters. The fourth-order valence-corrected chi connectivity index (χ4v) is 5.04. The number of hydrogen-bond donors (Lipinski definition) is 1. The molecule has 39 heavy (non-hydrogen) atoms. The monoisotopic (exact) mass is 548 g/mol. The third-order valence-electron chi connectivity index (χ3n) is 5.71. The molecule has 2 N–H and O–H groups in total. The Morgan fingerprint density at radius 2 is 1.67 bits per heavy atom. The molecular weight excluding hydrogens is 524 g/mol. The lowest BCUT2D eigenvalue weighted by atomic mass is 10.2. The van der Waals surface area contributed by atoms with Crippen molar-refractivity contribution in [1.29, 1.82) is 0 Å². The largest absolute Gasteiger partial charge is 0.494 e. The van der Waals surface area contributed by atoms with Gasteiger partial charge in [-0.15, -0.1) is 0 Å². The van der Waals surface area contributed by atoms with Crippen molar-refractivity contribution in [3.05, 3.63) is 72.6 Å². The van der Waals surface area contributed by atoms with Gasteiger partial charge in [-0.05, 0) is 25.1 Å². The van der Waals surface area contributed by atoms with Crippen molar-refractivity contribution in [3.63, 3.8) is 0 Å². The smallest absolute Gasteiger partial charge is 0.223 e. The molecule has 200 valence electrons. The number of pyridine rings is 1. The lowest BCUT2D eigenvalue weighted by molar-refractivity contribution is 0.327. The van der Waals surface area contributed by atoms with E-state index in [-0.39, 0.29) is 22.7 Å². The van der Waals surface area contributed by atoms with Gasteiger partial charge in [-0.1, -0.05) is 12.1 Å². The highest BCUT2D eigenvalue weighted by molar-refractivity contribution is 7.89. The molecule has 0 aliphatic rings. The summed E-state index contributed by atoms with van der Waals surface area (Å²) < 4.78 is 44.0. The molecular formula is C25H24N8O5S. The van der Waals surface area contributed by atoms with Gasteiger partial charge in [-0.3, -0.25) is 14.5 Å². The number of nitrogens with two attached hydrogens (primary N) is 1. The van der Waals surface area contributed by atoms with Crippen LogP contribution in [0.4, 0.5) is 0 Å². The zero-order valence-corrected chi connectivity index (χ0v) is 22.0. The molecule has 0 amide bonds. The van der Waals surface area contributed by atoms with Gasteiger partial charge >= 0.3 is 0 Å². The van der Waals surface area contributed by atoms with Gasteiger partial charge in [0.05, 0.1) is 44.6 Å². The number of methoxy groups -OCH3 is 2. The van der Waals surface area contributed by atoms with Crippen LogP contribution in [-0.2, 0) is 10.0 Å². The van der Waals surface area contributed by atoms with E-state index in [1.165, 1.54) is 39.0 Å². The minimum Gasteiger partial charge on any atom is -0.494 e. The van der Waals surface area contributed by atoms with Crippen molar-refractivity contribution in [2.45, 2.75) is 12.2 Å². The molecule has 1 unspecified atom stereocenters. The van der Waals surface area contributed by atoms with Gasteiger partial charge in [0.1, 0.15) is 22.9 Å². The summed E-state index contributed by atoms with van der Waals surface area (Å²) in [7, 11) is -1.17. The SMILES string of the molecule is CCOc1cccc(-c2nc3ncc(C(c4cnccn4)S(N)(=O)=O)nc3n2-c2c(OC)cccc2OC)n1. The molecule has 4 aromatic heterocycles. The first kappa shape index (κ1) is 25.9. The highest BCUT2D eigenvalue weighted by Gasteiger charge is 2.31. The Labute approximate surface area is 223 Å². The van der Waals surface area contributed by atoms with E-state index in [2.05, 4.69) is 19.9 Å². The Hall–Kier alpha value is -4.69. The van der Waals surface area contributed by atoms with Gasteiger partial charge in [-0.25, -0.2) is 33.5 Å². The van der Waals surface area contributed by atoms with E-state index in [9.17, 15) is 8.42 Å². The van der Waals surface area contributed by atoms with Crippen molar-refractivity contribution >= 4 is 21.3 Å². The van der Waals surface area contributed by atoms with Crippen LogP contribution in [0.5, 0.6) is 17.4 Å². The molecule has 0 aliphatic carbocycles. The van der Waals surface area contributed by atoms with Gasteiger partial charge in [0.15, 0.2) is 22.4 Å². The Bertz CT molecular complexity index is 1720. The van der Waals surface area contributed by atoms with Crippen LogP contribution < -0.4 is 19.3 Å². The zero-order chi connectivity index (χ0) is 27.6. The topological polar surface area (TPSA) is 170 Å². The molecule has 0 spiro atoms. The van der Waals surface area contributed by atoms with E-state index in [1.807, 2.05) is 6.92 Å². The third kappa shape index (κ3) is 4.94. The Morgan fingerprint density at radius 1 is 0.923 bits per heavy atom. The van der Waals surface area contributed by atoms with Crippen molar-refractivity contribution in [2.24, 2.45) is 5.14 Å². The van der Waals surface area contributed by atoms with Crippen LogP contribution in [0.1, 0.15) is 23.6 Å². The molecule has 14 heteroatoms. The maximum Gasteiger partial charge on any atom is 0.223 e. The van der Waals surface area contributed by atoms with Crippen LogP contribution in [0.3, 0.4) is 0 Å². The van der Waals surface area contributed by atoms with Gasteiger partial charge in [-0.2, -0.15) is 0 Å². The second kappa shape index (κ2) is 10.6. The van der Waals surface area contributed by atoms with Gasteiger partial charge in [0, 0.05) is 18.5 Å². The van der Waals surface area contributed by atoms with Crippen LogP contribution in [0, 0.1) is 0 Å². The predicted molar refractivity (Wildman–Crippen MR) is 141 cm³/mol. The third-order valence-corrected chi connectivity index (χ3v) is 6.85. The van der Waals surface area contributed by atoms with Crippen LogP contribution >= 0.6 is 0 Å². The molecule has 0 saturated carbocycles. The number of rotatable bonds is 9. The lowest BCUT2D eigenvalue weighted by Gasteiger charge is -2.17. The van der Waals surface area contributed by atoms with Crippen molar-refractivity contribution < 1.29 is 22.6 Å². The minimum atomic E-state index is -4.21. The van der Waals surface area contributed by atoms with Crippen molar-refractivity contribution in [2.75, 3.05) is 20.8 Å². The molecule has 4 heterocycles. The number of fused-ring (bicyclic) bond motifs is 1. The average molecular weight is 549 g/mol. The van der Waals surface area contributed by atoms with Crippen LogP contribution in [0.2, 0.25) is 0 Å². The quantitative estimate of drug-likeness (QED) is 0.287. The summed E-state index contributed by atoms with van der Waals surface area (Å²) in [5.74, 6) is 1.64. The highest BCUT2D eigenvalue weighted by atomic mass is 32.2. The summed E-state index contributed by atoms with van der Waals surface area (Å²) in [5.41, 5.74) is 1.47. The zero-order valence-electron chi connectivity index (χ0n) is 21.2. The normalized spacial score (nSPS) is 12.3. The minimum absolute atomic E-state index is 0.0306. The number of benzene rings is 1.